The molecule has 0 heterocycles. The molecule has 0 aromatic rings. The lowest BCUT2D eigenvalue weighted by atomic mass is 10.3. The summed E-state index contributed by atoms with van der Waals surface area (Å²) in [6.45, 7) is 17.9. The van der Waals surface area contributed by atoms with Crippen molar-refractivity contribution in [1.29, 1.82) is 0 Å². The predicted octanol–water partition coefficient (Wildman–Crippen LogP) is 4.06. The van der Waals surface area contributed by atoms with Crippen LogP contribution in [0.4, 0.5) is 0 Å². The minimum Gasteiger partial charge on any atom is -0.354 e. The fourth-order valence-corrected chi connectivity index (χ4v) is 4.71. The lowest BCUT2D eigenvalue weighted by Crippen LogP contribution is -2.47. The highest BCUT2D eigenvalue weighted by Gasteiger charge is 2.18. The van der Waals surface area contributed by atoms with Crippen LogP contribution in [-0.4, -0.2) is 90.0 Å². The Morgan fingerprint density at radius 1 is 0.536 bits per heavy atom. The number of thiocarbonyl (C=S) groups is 3. The van der Waals surface area contributed by atoms with Gasteiger partial charge in [-0.15, -0.1) is 37.9 Å². The Balaban J connectivity index is 5.10. The molecule has 0 rings (SSSR count). The zero-order valence-corrected chi connectivity index (χ0v) is 23.0. The molecule has 0 saturated carbocycles. The molecule has 0 spiro atoms. The van der Waals surface area contributed by atoms with E-state index < -0.39 is 0 Å². The molecule has 0 fully saturated rings. The smallest absolute Gasteiger partial charge is 0.133 e. The van der Waals surface area contributed by atoms with E-state index in [0.717, 1.165) is 39.3 Å². The van der Waals surface area contributed by atoms with Gasteiger partial charge in [0.25, 0.3) is 0 Å². The van der Waals surface area contributed by atoms with Gasteiger partial charge < -0.3 is 14.7 Å². The summed E-state index contributed by atoms with van der Waals surface area (Å²) in [7, 11) is 0. The molecule has 10 heteroatoms. The number of hydrogen-bond donors (Lipinski definition) is 3. The first-order valence-electron chi connectivity index (χ1n) is 9.59. The van der Waals surface area contributed by atoms with E-state index in [2.05, 4.69) is 99.0 Å². The molecule has 28 heavy (non-hydrogen) atoms. The van der Waals surface area contributed by atoms with Gasteiger partial charge in [0.2, 0.25) is 0 Å². The Kier molecular flexibility index (Phi) is 15.0. The second-order valence-corrected chi connectivity index (χ2v) is 10.9. The minimum absolute atomic E-state index is 0.321. The highest BCUT2D eigenvalue weighted by molar-refractivity contribution is 8.11. The van der Waals surface area contributed by atoms with Crippen LogP contribution in [0, 0.1) is 0 Å². The van der Waals surface area contributed by atoms with Gasteiger partial charge in [-0.05, 0) is 41.5 Å². The molecule has 0 aliphatic carbocycles. The maximum atomic E-state index is 5.30. The Morgan fingerprint density at radius 2 is 0.750 bits per heavy atom. The SMILES string of the molecule is CC(C)N(CCN(CCN(C(=S)S)C(C)C)CCN(C(=S)S)C(C)C)C(=S)S. The summed E-state index contributed by atoms with van der Waals surface area (Å²) >= 11 is 29.0. The highest BCUT2D eigenvalue weighted by atomic mass is 32.1. The van der Waals surface area contributed by atoms with Crippen LogP contribution in [-0.2, 0) is 0 Å². The van der Waals surface area contributed by atoms with Crippen molar-refractivity contribution in [3.8, 4) is 0 Å². The van der Waals surface area contributed by atoms with Crippen LogP contribution >= 0.6 is 74.5 Å². The van der Waals surface area contributed by atoms with E-state index in [1.807, 2.05) is 0 Å². The van der Waals surface area contributed by atoms with Gasteiger partial charge in [0, 0.05) is 57.4 Å². The monoisotopic (exact) mass is 500 g/mol. The zero-order chi connectivity index (χ0) is 22.0. The van der Waals surface area contributed by atoms with Crippen molar-refractivity contribution in [3.05, 3.63) is 0 Å². The lowest BCUT2D eigenvalue weighted by molar-refractivity contribution is 0.194. The number of thiol groups is 3. The molecule has 4 nitrogen and oxygen atoms in total. The standard InChI is InChI=1S/C18H36N4S6/c1-13(2)20(16(23)24)10-7-19(8-11-21(14(3)4)17(25)26)9-12-22(15(5)6)18(27)28/h13-15H,7-12H2,1-6H3,(H,23,24)(H,25,26)(H,27,28). The van der Waals surface area contributed by atoms with E-state index in [1.165, 1.54) is 0 Å². The molecule has 0 aromatic carbocycles. The summed E-state index contributed by atoms with van der Waals surface area (Å²) in [4.78, 5) is 8.83. The highest BCUT2D eigenvalue weighted by Crippen LogP contribution is 2.09. The molecule has 0 atom stereocenters. The van der Waals surface area contributed by atoms with E-state index in [4.69, 9.17) is 36.7 Å². The summed E-state index contributed by atoms with van der Waals surface area (Å²) in [6, 6.07) is 0.962. The van der Waals surface area contributed by atoms with Crippen molar-refractivity contribution in [2.45, 2.75) is 59.7 Å². The molecular formula is C18H36N4S6. The first kappa shape index (κ1) is 28.7. The third kappa shape index (κ3) is 11.2. The van der Waals surface area contributed by atoms with Gasteiger partial charge in [-0.2, -0.15) is 0 Å². The Labute approximate surface area is 205 Å². The lowest BCUT2D eigenvalue weighted by Gasteiger charge is -2.35. The van der Waals surface area contributed by atoms with Gasteiger partial charge in [0.05, 0.1) is 0 Å². The van der Waals surface area contributed by atoms with Crippen LogP contribution < -0.4 is 0 Å². The number of rotatable bonds is 12. The largest absolute Gasteiger partial charge is 0.354 e. The summed E-state index contributed by atoms with van der Waals surface area (Å²) in [6.07, 6.45) is 0. The summed E-state index contributed by atoms with van der Waals surface area (Å²) in [5.41, 5.74) is 0. The van der Waals surface area contributed by atoms with Crippen molar-refractivity contribution >= 4 is 87.5 Å². The van der Waals surface area contributed by atoms with Crippen molar-refractivity contribution in [2.75, 3.05) is 39.3 Å². The molecule has 0 aliphatic rings. The molecule has 0 saturated heterocycles. The Morgan fingerprint density at radius 3 is 0.893 bits per heavy atom. The van der Waals surface area contributed by atoms with Crippen LogP contribution in [0.2, 0.25) is 0 Å². The van der Waals surface area contributed by atoms with Gasteiger partial charge >= 0.3 is 0 Å². The Bertz CT molecular complexity index is 441. The normalized spacial score (nSPS) is 11.5. The molecule has 0 aliphatic heterocycles. The van der Waals surface area contributed by atoms with Crippen LogP contribution in [0.15, 0.2) is 0 Å². The minimum atomic E-state index is 0.321. The first-order valence-corrected chi connectivity index (χ1v) is 12.2. The van der Waals surface area contributed by atoms with E-state index in [9.17, 15) is 0 Å². The van der Waals surface area contributed by atoms with Crippen molar-refractivity contribution in [1.82, 2.24) is 19.6 Å². The van der Waals surface area contributed by atoms with Crippen LogP contribution in [0.3, 0.4) is 0 Å². The summed E-state index contributed by atoms with van der Waals surface area (Å²) in [5, 5.41) is 0. The third-order valence-corrected chi connectivity index (χ3v) is 6.05. The van der Waals surface area contributed by atoms with Gasteiger partial charge in [-0.3, -0.25) is 4.90 Å². The third-order valence-electron chi connectivity index (χ3n) is 4.58. The molecule has 164 valence electrons. The van der Waals surface area contributed by atoms with E-state index >= 15 is 0 Å². The molecule has 0 amide bonds. The van der Waals surface area contributed by atoms with Crippen molar-refractivity contribution in [2.24, 2.45) is 0 Å². The van der Waals surface area contributed by atoms with E-state index in [0.29, 0.717) is 31.1 Å². The van der Waals surface area contributed by atoms with Gasteiger partial charge in [0.1, 0.15) is 13.0 Å². The fraction of sp³-hybridized carbons (Fsp3) is 0.833. The van der Waals surface area contributed by atoms with Crippen LogP contribution in [0.1, 0.15) is 41.5 Å². The average molecular weight is 501 g/mol. The summed E-state index contributed by atoms with van der Waals surface area (Å²) in [5.74, 6) is 0. The molecular weight excluding hydrogens is 465 g/mol. The van der Waals surface area contributed by atoms with Gasteiger partial charge in [0.15, 0.2) is 0 Å². The fourth-order valence-electron chi connectivity index (χ4n) is 2.81. The maximum Gasteiger partial charge on any atom is 0.133 e. The Hall–Kier alpha value is 0.680. The number of nitrogens with zero attached hydrogens (tertiary/aromatic N) is 4. The van der Waals surface area contributed by atoms with E-state index in [1.54, 1.807) is 0 Å². The van der Waals surface area contributed by atoms with Gasteiger partial charge in [-0.25, -0.2) is 0 Å². The molecule has 0 N–H and O–H groups in total. The second kappa shape index (κ2) is 14.6. The molecule has 0 unspecified atom stereocenters. The topological polar surface area (TPSA) is 13.0 Å². The molecule has 0 radical (unpaired) electrons. The summed E-state index contributed by atoms with van der Waals surface area (Å²) < 4.78 is 1.90. The molecule has 0 bridgehead atoms. The van der Waals surface area contributed by atoms with Gasteiger partial charge in [-0.1, -0.05) is 36.7 Å². The maximum absolute atomic E-state index is 5.30. The molecule has 0 aromatic heterocycles. The van der Waals surface area contributed by atoms with Crippen LogP contribution in [0.5, 0.6) is 0 Å². The number of hydrogen-bond acceptors (Lipinski definition) is 4. The van der Waals surface area contributed by atoms with Crippen molar-refractivity contribution in [3.63, 3.8) is 0 Å². The van der Waals surface area contributed by atoms with Crippen LogP contribution in [0.25, 0.3) is 0 Å². The van der Waals surface area contributed by atoms with E-state index in [-0.39, 0.29) is 0 Å². The average Bonchev–Trinajstić information content (AvgIpc) is 2.52. The second-order valence-electron chi connectivity index (χ2n) is 7.55. The quantitative estimate of drug-likeness (QED) is 0.273. The first-order chi connectivity index (χ1) is 12.9. The predicted molar refractivity (Wildman–Crippen MR) is 147 cm³/mol. The zero-order valence-electron chi connectivity index (χ0n) is 17.8. The van der Waals surface area contributed by atoms with Crippen molar-refractivity contribution < 1.29 is 0 Å².